The van der Waals surface area contributed by atoms with Gasteiger partial charge in [0.1, 0.15) is 5.75 Å². The van der Waals surface area contributed by atoms with E-state index in [0.29, 0.717) is 29.2 Å². The van der Waals surface area contributed by atoms with Crippen molar-refractivity contribution >= 4 is 26.6 Å². The lowest BCUT2D eigenvalue weighted by Gasteiger charge is -2.30. The maximum Gasteiger partial charge on any atom is 0.268 e. The van der Waals surface area contributed by atoms with E-state index < -0.39 is 10.0 Å². The van der Waals surface area contributed by atoms with E-state index in [2.05, 4.69) is 16.3 Å². The van der Waals surface area contributed by atoms with Crippen molar-refractivity contribution in [3.8, 4) is 5.75 Å². The first-order valence-corrected chi connectivity index (χ1v) is 10.7. The molecule has 2 aromatic carbocycles. The predicted molar refractivity (Wildman–Crippen MR) is 105 cm³/mol. The van der Waals surface area contributed by atoms with Crippen LogP contribution in [0.25, 0.3) is 10.9 Å². The molecule has 140 valence electrons. The molecule has 7 heteroatoms. The molecule has 3 heterocycles. The van der Waals surface area contributed by atoms with E-state index in [1.807, 2.05) is 24.3 Å². The Kier molecular flexibility index (Phi) is 3.87. The first kappa shape index (κ1) is 16.6. The second-order valence-electron chi connectivity index (χ2n) is 6.89. The number of nitrogens with zero attached hydrogens (tertiary/aromatic N) is 2. The van der Waals surface area contributed by atoms with Gasteiger partial charge in [-0.05, 0) is 30.3 Å². The minimum Gasteiger partial charge on any atom is -0.493 e. The van der Waals surface area contributed by atoms with Crippen LogP contribution in [0, 0.1) is 0 Å². The van der Waals surface area contributed by atoms with Crippen LogP contribution in [0.1, 0.15) is 5.56 Å². The number of ether oxygens (including phenoxy) is 1. The summed E-state index contributed by atoms with van der Waals surface area (Å²) in [6.45, 7) is 4.24. The van der Waals surface area contributed by atoms with Gasteiger partial charge in [-0.15, -0.1) is 0 Å². The molecule has 0 bridgehead atoms. The summed E-state index contributed by atoms with van der Waals surface area (Å²) in [5.41, 5.74) is 2.57. The number of aromatic nitrogens is 1. The topological polar surface area (TPSA) is 63.6 Å². The van der Waals surface area contributed by atoms with E-state index >= 15 is 0 Å². The van der Waals surface area contributed by atoms with E-state index in [1.54, 1.807) is 18.3 Å². The second-order valence-corrected chi connectivity index (χ2v) is 8.68. The standard InChI is InChI=1S/C20H21N3O3S/c24-27(25,20-6-2-5-19-16(20)8-14-26-19)23-11-7-15-17(3-1-4-18(15)23)22-12-9-21-10-13-22/h1-7,11,21H,8-10,12-14H2. The molecule has 2 aliphatic heterocycles. The summed E-state index contributed by atoms with van der Waals surface area (Å²) in [6, 6.07) is 13.0. The van der Waals surface area contributed by atoms with E-state index in [9.17, 15) is 8.42 Å². The van der Waals surface area contributed by atoms with Crippen LogP contribution in [0.2, 0.25) is 0 Å². The minimum atomic E-state index is -3.69. The number of rotatable bonds is 3. The summed E-state index contributed by atoms with van der Waals surface area (Å²) in [6.07, 6.45) is 2.29. The summed E-state index contributed by atoms with van der Waals surface area (Å²) >= 11 is 0. The average molecular weight is 383 g/mol. The first-order valence-electron chi connectivity index (χ1n) is 9.22. The highest BCUT2D eigenvalue weighted by atomic mass is 32.2. The second kappa shape index (κ2) is 6.28. The molecule has 3 aromatic rings. The molecule has 1 fully saturated rings. The van der Waals surface area contributed by atoms with Gasteiger partial charge in [-0.2, -0.15) is 0 Å². The van der Waals surface area contributed by atoms with Crippen molar-refractivity contribution in [1.82, 2.24) is 9.29 Å². The maximum atomic E-state index is 13.4. The molecule has 0 spiro atoms. The zero-order valence-corrected chi connectivity index (χ0v) is 15.7. The summed E-state index contributed by atoms with van der Waals surface area (Å²) in [7, 11) is -3.69. The molecule has 0 radical (unpaired) electrons. The number of piperazine rings is 1. The number of fused-ring (bicyclic) bond motifs is 2. The Morgan fingerprint density at radius 1 is 1.00 bits per heavy atom. The highest BCUT2D eigenvalue weighted by Crippen LogP contribution is 2.35. The minimum absolute atomic E-state index is 0.336. The van der Waals surface area contributed by atoms with E-state index in [4.69, 9.17) is 4.74 Å². The van der Waals surface area contributed by atoms with Crippen LogP contribution in [0.15, 0.2) is 53.6 Å². The normalized spacial score (nSPS) is 17.1. The highest BCUT2D eigenvalue weighted by Gasteiger charge is 2.27. The van der Waals surface area contributed by atoms with Gasteiger partial charge in [0.05, 0.1) is 17.0 Å². The van der Waals surface area contributed by atoms with Crippen LogP contribution < -0.4 is 15.0 Å². The zero-order valence-electron chi connectivity index (χ0n) is 14.9. The van der Waals surface area contributed by atoms with Crippen molar-refractivity contribution in [2.45, 2.75) is 11.3 Å². The lowest BCUT2D eigenvalue weighted by Crippen LogP contribution is -2.43. The van der Waals surface area contributed by atoms with Crippen molar-refractivity contribution in [3.63, 3.8) is 0 Å². The van der Waals surface area contributed by atoms with Crippen molar-refractivity contribution in [2.75, 3.05) is 37.7 Å². The largest absolute Gasteiger partial charge is 0.493 e. The Balaban J connectivity index is 1.65. The van der Waals surface area contributed by atoms with Crippen molar-refractivity contribution < 1.29 is 13.2 Å². The van der Waals surface area contributed by atoms with Gasteiger partial charge in [0, 0.05) is 55.4 Å². The molecule has 0 unspecified atom stereocenters. The van der Waals surface area contributed by atoms with Gasteiger partial charge >= 0.3 is 0 Å². The third-order valence-electron chi connectivity index (χ3n) is 5.37. The molecule has 1 aromatic heterocycles. The lowest BCUT2D eigenvalue weighted by atomic mass is 10.2. The molecule has 0 amide bonds. The summed E-state index contributed by atoms with van der Waals surface area (Å²) in [4.78, 5) is 2.65. The first-order chi connectivity index (χ1) is 13.2. The Morgan fingerprint density at radius 2 is 1.81 bits per heavy atom. The molecule has 0 saturated carbocycles. The van der Waals surface area contributed by atoms with Gasteiger partial charge in [0.25, 0.3) is 10.0 Å². The summed E-state index contributed by atoms with van der Waals surface area (Å²) in [5, 5.41) is 4.32. The predicted octanol–water partition coefficient (Wildman–Crippen LogP) is 2.22. The van der Waals surface area contributed by atoms with Crippen LogP contribution in [-0.4, -0.2) is 45.2 Å². The molecular weight excluding hydrogens is 362 g/mol. The number of hydrogen-bond donors (Lipinski definition) is 1. The van der Waals surface area contributed by atoms with E-state index in [0.717, 1.165) is 42.8 Å². The molecule has 2 aliphatic rings. The fraction of sp³-hybridized carbons (Fsp3) is 0.300. The van der Waals surface area contributed by atoms with Gasteiger partial charge in [-0.3, -0.25) is 0 Å². The van der Waals surface area contributed by atoms with Gasteiger partial charge in [-0.1, -0.05) is 12.1 Å². The maximum absolute atomic E-state index is 13.4. The number of nitrogens with one attached hydrogen (secondary N) is 1. The van der Waals surface area contributed by atoms with Crippen molar-refractivity contribution in [3.05, 3.63) is 54.2 Å². The van der Waals surface area contributed by atoms with Crippen LogP contribution >= 0.6 is 0 Å². The van der Waals surface area contributed by atoms with Crippen LogP contribution in [0.4, 0.5) is 5.69 Å². The quantitative estimate of drug-likeness (QED) is 0.751. The zero-order chi connectivity index (χ0) is 18.4. The molecule has 5 rings (SSSR count). The molecule has 27 heavy (non-hydrogen) atoms. The third kappa shape index (κ3) is 2.61. The van der Waals surface area contributed by atoms with Gasteiger partial charge < -0.3 is 15.0 Å². The van der Waals surface area contributed by atoms with Crippen LogP contribution in [-0.2, 0) is 16.4 Å². The smallest absolute Gasteiger partial charge is 0.268 e. The lowest BCUT2D eigenvalue weighted by molar-refractivity contribution is 0.357. The Hall–Kier alpha value is -2.51. The van der Waals surface area contributed by atoms with Gasteiger partial charge in [-0.25, -0.2) is 12.4 Å². The summed E-state index contributed by atoms with van der Waals surface area (Å²) < 4.78 is 33.8. The van der Waals surface area contributed by atoms with E-state index in [-0.39, 0.29) is 0 Å². The summed E-state index contributed by atoms with van der Waals surface area (Å²) in [5.74, 6) is 0.675. The number of benzene rings is 2. The van der Waals surface area contributed by atoms with Gasteiger partial charge in [0.2, 0.25) is 0 Å². The number of anilines is 1. The monoisotopic (exact) mass is 383 g/mol. The molecule has 0 aliphatic carbocycles. The van der Waals surface area contributed by atoms with E-state index in [1.165, 1.54) is 3.97 Å². The Labute approximate surface area is 158 Å². The molecular formula is C20H21N3O3S. The fourth-order valence-electron chi connectivity index (χ4n) is 4.06. The number of hydrogen-bond acceptors (Lipinski definition) is 5. The average Bonchev–Trinajstić information content (AvgIpc) is 3.35. The Bertz CT molecular complexity index is 1110. The highest BCUT2D eigenvalue weighted by molar-refractivity contribution is 7.90. The molecule has 1 N–H and O–H groups in total. The SMILES string of the molecule is O=S(=O)(c1cccc2c1CCO2)n1ccc2c(N3CCNCC3)cccc21. The van der Waals surface area contributed by atoms with Gasteiger partial charge in [0.15, 0.2) is 0 Å². The third-order valence-corrected chi connectivity index (χ3v) is 7.14. The van der Waals surface area contributed by atoms with Crippen molar-refractivity contribution in [1.29, 1.82) is 0 Å². The fourth-order valence-corrected chi connectivity index (χ4v) is 5.67. The molecule has 0 atom stereocenters. The Morgan fingerprint density at radius 3 is 2.67 bits per heavy atom. The molecule has 6 nitrogen and oxygen atoms in total. The van der Waals surface area contributed by atoms with Crippen LogP contribution in [0.3, 0.4) is 0 Å². The van der Waals surface area contributed by atoms with Crippen LogP contribution in [0.5, 0.6) is 5.75 Å². The van der Waals surface area contributed by atoms with Crippen molar-refractivity contribution in [2.24, 2.45) is 0 Å². The molecule has 1 saturated heterocycles.